The Balaban J connectivity index is 2.02. The van der Waals surface area contributed by atoms with Gasteiger partial charge in [-0.05, 0) is 45.1 Å². The first-order valence-electron chi connectivity index (χ1n) is 8.25. The number of aliphatic hydroxyl groups excluding tert-OH is 1. The van der Waals surface area contributed by atoms with Crippen LogP contribution in [-0.4, -0.2) is 61.3 Å². The number of hydrogen-bond acceptors (Lipinski definition) is 3. The Hall–Kier alpha value is -1.51. The van der Waals surface area contributed by atoms with Crippen molar-refractivity contribution >= 4 is 23.3 Å². The number of nitrogens with zero attached hydrogens (tertiary/aromatic N) is 2. The quantitative estimate of drug-likeness (QED) is 0.822. The second kappa shape index (κ2) is 8.02. The van der Waals surface area contributed by atoms with E-state index in [1.807, 2.05) is 19.0 Å². The van der Waals surface area contributed by atoms with Crippen molar-refractivity contribution in [2.24, 2.45) is 5.41 Å². The van der Waals surface area contributed by atoms with Crippen molar-refractivity contribution < 1.29 is 23.1 Å². The molecule has 2 N–H and O–H groups in total. The van der Waals surface area contributed by atoms with Gasteiger partial charge in [-0.3, -0.25) is 0 Å². The fraction of sp³-hybridized carbons (Fsp3) is 0.588. The molecule has 0 aliphatic carbocycles. The van der Waals surface area contributed by atoms with E-state index >= 15 is 0 Å². The van der Waals surface area contributed by atoms with Crippen molar-refractivity contribution in [1.82, 2.24) is 9.80 Å². The van der Waals surface area contributed by atoms with E-state index in [1.165, 1.54) is 6.07 Å². The Morgan fingerprint density at radius 3 is 2.46 bits per heavy atom. The third kappa shape index (κ3) is 5.02. The summed E-state index contributed by atoms with van der Waals surface area (Å²) in [5, 5.41) is 11.8. The summed E-state index contributed by atoms with van der Waals surface area (Å²) < 4.78 is 38.7. The van der Waals surface area contributed by atoms with Crippen LogP contribution in [0.3, 0.4) is 0 Å². The summed E-state index contributed by atoms with van der Waals surface area (Å²) in [6, 6.07) is 2.82. The van der Waals surface area contributed by atoms with Gasteiger partial charge in [0, 0.05) is 30.7 Å². The second-order valence-electron chi connectivity index (χ2n) is 7.01. The fourth-order valence-corrected chi connectivity index (χ4v) is 3.47. The van der Waals surface area contributed by atoms with Crippen LogP contribution in [0.25, 0.3) is 0 Å². The number of benzene rings is 1. The van der Waals surface area contributed by atoms with Gasteiger partial charge in [-0.15, -0.1) is 0 Å². The highest BCUT2D eigenvalue weighted by atomic mass is 35.5. The Morgan fingerprint density at radius 2 is 1.96 bits per heavy atom. The molecule has 0 bridgehead atoms. The standard InChI is InChI=1S/C17H23ClF3N3O2/c1-23(2)10-16(11-25)5-7-24(8-6-16)15(26)22-12-3-4-14(18)13(9-12)17(19,20)21/h3-4,9,25H,5-8,10-11H2,1-2H3,(H,22,26). The number of amides is 2. The first-order valence-corrected chi connectivity index (χ1v) is 8.62. The van der Waals surface area contributed by atoms with Gasteiger partial charge < -0.3 is 20.2 Å². The molecule has 1 aliphatic heterocycles. The predicted molar refractivity (Wildman–Crippen MR) is 94.4 cm³/mol. The maximum atomic E-state index is 12.9. The van der Waals surface area contributed by atoms with Gasteiger partial charge in [-0.2, -0.15) is 13.2 Å². The molecule has 5 nitrogen and oxygen atoms in total. The van der Waals surface area contributed by atoms with E-state index < -0.39 is 22.8 Å². The fourth-order valence-electron chi connectivity index (χ4n) is 3.24. The molecule has 1 fully saturated rings. The lowest BCUT2D eigenvalue weighted by atomic mass is 9.79. The van der Waals surface area contributed by atoms with Gasteiger partial charge in [0.25, 0.3) is 0 Å². The van der Waals surface area contributed by atoms with Crippen molar-refractivity contribution in [3.63, 3.8) is 0 Å². The molecule has 0 unspecified atom stereocenters. The van der Waals surface area contributed by atoms with Crippen LogP contribution in [0.5, 0.6) is 0 Å². The van der Waals surface area contributed by atoms with Crippen LogP contribution in [0.2, 0.25) is 5.02 Å². The van der Waals surface area contributed by atoms with Crippen molar-refractivity contribution in [3.8, 4) is 0 Å². The van der Waals surface area contributed by atoms with Gasteiger partial charge in [-0.25, -0.2) is 4.79 Å². The van der Waals surface area contributed by atoms with Crippen molar-refractivity contribution in [3.05, 3.63) is 28.8 Å². The van der Waals surface area contributed by atoms with E-state index in [-0.39, 0.29) is 17.7 Å². The van der Waals surface area contributed by atoms with Crippen LogP contribution < -0.4 is 5.32 Å². The van der Waals surface area contributed by atoms with E-state index in [4.69, 9.17) is 11.6 Å². The number of alkyl halides is 3. The van der Waals surface area contributed by atoms with E-state index in [9.17, 15) is 23.1 Å². The third-order valence-corrected chi connectivity index (χ3v) is 4.95. The summed E-state index contributed by atoms with van der Waals surface area (Å²) >= 11 is 5.58. The molecule has 1 aromatic rings. The number of likely N-dealkylation sites (tertiary alicyclic amines) is 1. The summed E-state index contributed by atoms with van der Waals surface area (Å²) in [6.45, 7) is 1.61. The molecule has 1 heterocycles. The maximum Gasteiger partial charge on any atom is 0.417 e. The zero-order chi connectivity index (χ0) is 19.5. The Labute approximate surface area is 155 Å². The number of halogens is 4. The van der Waals surface area contributed by atoms with Crippen LogP contribution in [0.1, 0.15) is 18.4 Å². The highest BCUT2D eigenvalue weighted by Crippen LogP contribution is 2.36. The number of rotatable bonds is 4. The average molecular weight is 394 g/mol. The molecular formula is C17H23ClF3N3O2. The summed E-state index contributed by atoms with van der Waals surface area (Å²) in [6.07, 6.45) is -3.33. The SMILES string of the molecule is CN(C)CC1(CO)CCN(C(=O)Nc2ccc(Cl)c(C(F)(F)F)c2)CC1. The first-order chi connectivity index (χ1) is 12.1. The van der Waals surface area contributed by atoms with E-state index in [0.717, 1.165) is 12.1 Å². The minimum absolute atomic E-state index is 0.0345. The van der Waals surface area contributed by atoms with E-state index in [1.54, 1.807) is 4.90 Å². The number of aliphatic hydroxyl groups is 1. The Morgan fingerprint density at radius 1 is 1.35 bits per heavy atom. The summed E-state index contributed by atoms with van der Waals surface area (Å²) in [7, 11) is 3.85. The minimum atomic E-state index is -4.59. The van der Waals surface area contributed by atoms with Crippen LogP contribution in [0, 0.1) is 5.41 Å². The molecule has 9 heteroatoms. The zero-order valence-corrected chi connectivity index (χ0v) is 15.5. The van der Waals surface area contributed by atoms with Gasteiger partial charge in [0.15, 0.2) is 0 Å². The third-order valence-electron chi connectivity index (χ3n) is 4.62. The molecule has 146 valence electrons. The second-order valence-corrected chi connectivity index (χ2v) is 7.41. The molecule has 26 heavy (non-hydrogen) atoms. The van der Waals surface area contributed by atoms with E-state index in [0.29, 0.717) is 32.5 Å². The minimum Gasteiger partial charge on any atom is -0.396 e. The van der Waals surface area contributed by atoms with Gasteiger partial charge in [-0.1, -0.05) is 11.6 Å². The predicted octanol–water partition coefficient (Wildman–Crippen LogP) is 3.53. The van der Waals surface area contributed by atoms with Crippen molar-refractivity contribution in [2.45, 2.75) is 19.0 Å². The summed E-state index contributed by atoms with van der Waals surface area (Å²) in [5.74, 6) is 0. The molecule has 0 saturated carbocycles. The highest BCUT2D eigenvalue weighted by Gasteiger charge is 2.36. The molecule has 0 spiro atoms. The topological polar surface area (TPSA) is 55.8 Å². The molecule has 0 radical (unpaired) electrons. The number of nitrogens with one attached hydrogen (secondary N) is 1. The lowest BCUT2D eigenvalue weighted by Gasteiger charge is -2.42. The molecular weight excluding hydrogens is 371 g/mol. The largest absolute Gasteiger partial charge is 0.417 e. The van der Waals surface area contributed by atoms with Gasteiger partial charge in [0.05, 0.1) is 17.2 Å². The highest BCUT2D eigenvalue weighted by molar-refractivity contribution is 6.31. The van der Waals surface area contributed by atoms with Crippen LogP contribution in [-0.2, 0) is 6.18 Å². The lowest BCUT2D eigenvalue weighted by Crippen LogP contribution is -2.49. The monoisotopic (exact) mass is 393 g/mol. The van der Waals surface area contributed by atoms with Crippen LogP contribution in [0.15, 0.2) is 18.2 Å². The number of carbonyl (C=O) groups is 1. The molecule has 1 aliphatic rings. The van der Waals surface area contributed by atoms with Crippen molar-refractivity contribution in [1.29, 1.82) is 0 Å². The summed E-state index contributed by atoms with van der Waals surface area (Å²) in [4.78, 5) is 15.9. The van der Waals surface area contributed by atoms with Crippen LogP contribution in [0.4, 0.5) is 23.7 Å². The average Bonchev–Trinajstić information content (AvgIpc) is 2.55. The molecule has 0 atom stereocenters. The number of carbonyl (C=O) groups excluding carboxylic acids is 1. The maximum absolute atomic E-state index is 12.9. The molecule has 2 rings (SSSR count). The van der Waals surface area contributed by atoms with Gasteiger partial charge in [0.1, 0.15) is 0 Å². The number of urea groups is 1. The Kier molecular flexibility index (Phi) is 6.42. The number of hydrogen-bond donors (Lipinski definition) is 2. The van der Waals surface area contributed by atoms with Crippen molar-refractivity contribution in [2.75, 3.05) is 45.7 Å². The zero-order valence-electron chi connectivity index (χ0n) is 14.7. The molecule has 1 aromatic carbocycles. The van der Waals surface area contributed by atoms with Gasteiger partial charge >= 0.3 is 12.2 Å². The molecule has 1 saturated heterocycles. The number of anilines is 1. The normalized spacial score (nSPS) is 17.5. The Bertz CT molecular complexity index is 645. The lowest BCUT2D eigenvalue weighted by molar-refractivity contribution is -0.137. The van der Waals surface area contributed by atoms with E-state index in [2.05, 4.69) is 5.32 Å². The van der Waals surface area contributed by atoms with Crippen LogP contribution >= 0.6 is 11.6 Å². The molecule has 2 amide bonds. The first kappa shape index (κ1) is 20.8. The summed E-state index contributed by atoms with van der Waals surface area (Å²) in [5.41, 5.74) is -1.20. The number of piperidine rings is 1. The van der Waals surface area contributed by atoms with Gasteiger partial charge in [0.2, 0.25) is 0 Å². The smallest absolute Gasteiger partial charge is 0.396 e. The molecule has 0 aromatic heterocycles.